The smallest absolute Gasteiger partial charge is 0.256 e. The molecule has 0 aliphatic rings. The summed E-state index contributed by atoms with van der Waals surface area (Å²) < 4.78 is 5.66. The average molecular weight is 325 g/mol. The van der Waals surface area contributed by atoms with Crippen molar-refractivity contribution in [3.63, 3.8) is 0 Å². The summed E-state index contributed by atoms with van der Waals surface area (Å²) in [6.07, 6.45) is 1.71. The van der Waals surface area contributed by atoms with Crippen LogP contribution in [0.25, 0.3) is 0 Å². The van der Waals surface area contributed by atoms with E-state index in [2.05, 4.69) is 15.3 Å². The number of hydrogen-bond donors (Lipinski definition) is 1. The zero-order chi connectivity index (χ0) is 16.1. The molecule has 0 atom stereocenters. The maximum absolute atomic E-state index is 12.3. The second kappa shape index (κ2) is 7.02. The fourth-order valence-corrected chi connectivity index (χ4v) is 2.47. The van der Waals surface area contributed by atoms with Gasteiger partial charge in [0.25, 0.3) is 5.91 Å². The van der Waals surface area contributed by atoms with Gasteiger partial charge in [-0.2, -0.15) is 0 Å². The van der Waals surface area contributed by atoms with Gasteiger partial charge in [-0.05, 0) is 36.8 Å². The number of anilines is 1. The molecule has 0 saturated heterocycles. The zero-order valence-corrected chi connectivity index (χ0v) is 13.3. The molecule has 0 radical (unpaired) electrons. The zero-order valence-electron chi connectivity index (χ0n) is 12.5. The number of rotatable bonds is 5. The number of thiazole rings is 1. The monoisotopic (exact) mass is 325 g/mol. The molecule has 2 aromatic heterocycles. The predicted octanol–water partition coefficient (Wildman–Crippen LogP) is 3.68. The summed E-state index contributed by atoms with van der Waals surface area (Å²) in [7, 11) is 0. The van der Waals surface area contributed by atoms with Crippen LogP contribution in [0.15, 0.2) is 53.5 Å². The second-order valence-electron chi connectivity index (χ2n) is 4.97. The molecule has 3 rings (SSSR count). The van der Waals surface area contributed by atoms with E-state index in [1.807, 2.05) is 24.4 Å². The average Bonchev–Trinajstić information content (AvgIpc) is 3.09. The first-order chi connectivity index (χ1) is 11.2. The number of carbonyl (C=O) groups excluding carboxylic acids is 1. The summed E-state index contributed by atoms with van der Waals surface area (Å²) in [6.45, 7) is 2.33. The molecule has 1 amide bonds. The molecule has 0 unspecified atom stereocenters. The van der Waals surface area contributed by atoms with Crippen molar-refractivity contribution in [3.8, 4) is 5.75 Å². The largest absolute Gasteiger partial charge is 0.487 e. The van der Waals surface area contributed by atoms with E-state index in [4.69, 9.17) is 4.74 Å². The predicted molar refractivity (Wildman–Crippen MR) is 89.8 cm³/mol. The first-order valence-corrected chi connectivity index (χ1v) is 7.99. The normalized spacial score (nSPS) is 10.3. The van der Waals surface area contributed by atoms with E-state index in [0.717, 1.165) is 11.3 Å². The Morgan fingerprint density at radius 2 is 2.17 bits per heavy atom. The van der Waals surface area contributed by atoms with E-state index in [1.54, 1.807) is 36.0 Å². The van der Waals surface area contributed by atoms with Crippen LogP contribution in [-0.2, 0) is 6.61 Å². The van der Waals surface area contributed by atoms with E-state index in [-0.39, 0.29) is 5.91 Å². The highest BCUT2D eigenvalue weighted by molar-refractivity contribution is 7.07. The Kier molecular flexibility index (Phi) is 4.63. The van der Waals surface area contributed by atoms with Gasteiger partial charge in [-0.25, -0.2) is 9.97 Å². The lowest BCUT2D eigenvalue weighted by molar-refractivity contribution is 0.102. The van der Waals surface area contributed by atoms with Gasteiger partial charge in [0.2, 0.25) is 0 Å². The van der Waals surface area contributed by atoms with Gasteiger partial charge in [0.15, 0.2) is 0 Å². The highest BCUT2D eigenvalue weighted by Gasteiger charge is 2.08. The first-order valence-electron chi connectivity index (χ1n) is 7.04. The van der Waals surface area contributed by atoms with Crippen molar-refractivity contribution >= 4 is 23.1 Å². The summed E-state index contributed by atoms with van der Waals surface area (Å²) in [4.78, 5) is 20.6. The third-order valence-corrected chi connectivity index (χ3v) is 3.75. The summed E-state index contributed by atoms with van der Waals surface area (Å²) in [6, 6.07) is 10.7. The second-order valence-corrected chi connectivity index (χ2v) is 5.69. The Labute approximate surface area is 138 Å². The standard InChI is InChI=1S/C17H15N3O2S/c1-12-5-6-16(18-8-12)20-17(21)13-3-2-4-15(7-13)22-9-14-10-23-11-19-14/h2-8,10-11H,9H2,1H3,(H,18,20,21). The molecular formula is C17H15N3O2S. The molecule has 0 fully saturated rings. The fourth-order valence-electron chi connectivity index (χ4n) is 1.92. The Hall–Kier alpha value is -2.73. The van der Waals surface area contributed by atoms with Gasteiger partial charge < -0.3 is 10.1 Å². The molecular weight excluding hydrogens is 310 g/mol. The van der Waals surface area contributed by atoms with Crippen molar-refractivity contribution in [3.05, 3.63) is 70.3 Å². The number of hydrogen-bond acceptors (Lipinski definition) is 5. The van der Waals surface area contributed by atoms with Crippen LogP contribution in [0.2, 0.25) is 0 Å². The van der Waals surface area contributed by atoms with Gasteiger partial charge in [-0.1, -0.05) is 12.1 Å². The molecule has 116 valence electrons. The van der Waals surface area contributed by atoms with Gasteiger partial charge >= 0.3 is 0 Å². The SMILES string of the molecule is Cc1ccc(NC(=O)c2cccc(OCc3cscn3)c2)nc1. The molecule has 1 N–H and O–H groups in total. The van der Waals surface area contributed by atoms with Crippen molar-refractivity contribution in [2.24, 2.45) is 0 Å². The van der Waals surface area contributed by atoms with Gasteiger partial charge in [0.05, 0.1) is 11.2 Å². The minimum Gasteiger partial charge on any atom is -0.487 e. The van der Waals surface area contributed by atoms with E-state index < -0.39 is 0 Å². The highest BCUT2D eigenvalue weighted by atomic mass is 32.1. The lowest BCUT2D eigenvalue weighted by Crippen LogP contribution is -2.13. The van der Waals surface area contributed by atoms with Crippen LogP contribution in [0.4, 0.5) is 5.82 Å². The van der Waals surface area contributed by atoms with Crippen LogP contribution < -0.4 is 10.1 Å². The van der Waals surface area contributed by atoms with Crippen LogP contribution in [0.3, 0.4) is 0 Å². The lowest BCUT2D eigenvalue weighted by Gasteiger charge is -2.08. The number of aryl methyl sites for hydroxylation is 1. The minimum atomic E-state index is -0.222. The van der Waals surface area contributed by atoms with Crippen molar-refractivity contribution in [2.75, 3.05) is 5.32 Å². The number of carbonyl (C=O) groups is 1. The molecule has 6 heteroatoms. The summed E-state index contributed by atoms with van der Waals surface area (Å²) in [5, 5.41) is 4.70. The first kappa shape index (κ1) is 15.2. The third-order valence-electron chi connectivity index (χ3n) is 3.12. The molecule has 0 saturated carbocycles. The number of nitrogens with one attached hydrogen (secondary N) is 1. The number of benzene rings is 1. The van der Waals surface area contributed by atoms with E-state index in [1.165, 1.54) is 11.3 Å². The number of pyridine rings is 1. The van der Waals surface area contributed by atoms with Crippen LogP contribution in [0, 0.1) is 6.92 Å². The van der Waals surface area contributed by atoms with Gasteiger partial charge in [-0.15, -0.1) is 11.3 Å². The molecule has 2 heterocycles. The van der Waals surface area contributed by atoms with Crippen LogP contribution in [0.5, 0.6) is 5.75 Å². The van der Waals surface area contributed by atoms with Gasteiger partial charge in [0.1, 0.15) is 18.2 Å². The van der Waals surface area contributed by atoms with Crippen LogP contribution in [0.1, 0.15) is 21.6 Å². The Morgan fingerprint density at radius 3 is 2.91 bits per heavy atom. The Bertz CT molecular complexity index is 786. The summed E-state index contributed by atoms with van der Waals surface area (Å²) >= 11 is 1.52. The van der Waals surface area contributed by atoms with Gasteiger partial charge in [-0.3, -0.25) is 4.79 Å². The fraction of sp³-hybridized carbons (Fsp3) is 0.118. The summed E-state index contributed by atoms with van der Waals surface area (Å²) in [5.74, 6) is 0.928. The number of amides is 1. The third kappa shape index (κ3) is 4.14. The maximum Gasteiger partial charge on any atom is 0.256 e. The van der Waals surface area contributed by atoms with Crippen molar-refractivity contribution < 1.29 is 9.53 Å². The Balaban J connectivity index is 1.66. The molecule has 0 aliphatic carbocycles. The molecule has 0 aliphatic heterocycles. The van der Waals surface area contributed by atoms with Crippen molar-refractivity contribution in [2.45, 2.75) is 13.5 Å². The highest BCUT2D eigenvalue weighted by Crippen LogP contribution is 2.16. The van der Waals surface area contributed by atoms with E-state index >= 15 is 0 Å². The number of nitrogens with zero attached hydrogens (tertiary/aromatic N) is 2. The molecule has 5 nitrogen and oxygen atoms in total. The Morgan fingerprint density at radius 1 is 1.26 bits per heavy atom. The quantitative estimate of drug-likeness (QED) is 0.777. The molecule has 3 aromatic rings. The molecule has 23 heavy (non-hydrogen) atoms. The molecule has 1 aromatic carbocycles. The van der Waals surface area contributed by atoms with Crippen molar-refractivity contribution in [1.82, 2.24) is 9.97 Å². The molecule has 0 bridgehead atoms. The summed E-state index contributed by atoms with van der Waals surface area (Å²) in [5.41, 5.74) is 4.19. The number of aromatic nitrogens is 2. The van der Waals surface area contributed by atoms with Crippen LogP contribution in [-0.4, -0.2) is 15.9 Å². The lowest BCUT2D eigenvalue weighted by atomic mass is 10.2. The minimum absolute atomic E-state index is 0.222. The van der Waals surface area contributed by atoms with Gasteiger partial charge in [0, 0.05) is 17.1 Å². The van der Waals surface area contributed by atoms with E-state index in [9.17, 15) is 4.79 Å². The maximum atomic E-state index is 12.3. The van der Waals surface area contributed by atoms with Crippen molar-refractivity contribution in [1.29, 1.82) is 0 Å². The van der Waals surface area contributed by atoms with E-state index in [0.29, 0.717) is 23.7 Å². The topological polar surface area (TPSA) is 64.1 Å². The van der Waals surface area contributed by atoms with Crippen LogP contribution >= 0.6 is 11.3 Å². The molecule has 0 spiro atoms. The number of ether oxygens (including phenoxy) is 1.